The van der Waals surface area contributed by atoms with E-state index >= 15 is 0 Å². The summed E-state index contributed by atoms with van der Waals surface area (Å²) >= 11 is 1.48. The maximum absolute atomic E-state index is 14.9. The molecule has 7 nitrogen and oxygen atoms in total. The number of benzene rings is 1. The van der Waals surface area contributed by atoms with Crippen molar-refractivity contribution in [1.29, 1.82) is 0 Å². The Morgan fingerprint density at radius 2 is 2.12 bits per heavy atom. The molecular weight excluding hydrogens is 465 g/mol. The molecule has 10 heteroatoms. The summed E-state index contributed by atoms with van der Waals surface area (Å²) in [5.74, 6) is -0.709. The lowest BCUT2D eigenvalue weighted by Gasteiger charge is -2.28. The second kappa shape index (κ2) is 9.40. The van der Waals surface area contributed by atoms with Crippen LogP contribution < -0.4 is 4.74 Å². The third-order valence-electron chi connectivity index (χ3n) is 5.30. The number of thiazole rings is 1. The number of methoxy groups -OCH3 is 1. The van der Waals surface area contributed by atoms with Crippen molar-refractivity contribution in [1.82, 2.24) is 14.9 Å². The number of sulfone groups is 1. The number of ether oxygens (including phenoxy) is 1. The Morgan fingerprint density at radius 1 is 1.30 bits per heavy atom. The standard InChI is InChI=1S/C23H22FN3O4S2/c1-15-26-21(13-32-15)18-4-3-17(20(24)10-18)11-23(28)27(19-6-8-33(29,30)14-19)12-16-5-7-25-22(9-16)31-2/h3-10,13,19H,11-12,14H2,1-2H3. The van der Waals surface area contributed by atoms with E-state index in [9.17, 15) is 17.6 Å². The van der Waals surface area contributed by atoms with Crippen LogP contribution in [0.25, 0.3) is 11.3 Å². The molecule has 0 saturated carbocycles. The molecule has 3 heterocycles. The normalized spacial score (nSPS) is 16.6. The molecule has 3 aromatic rings. The molecule has 33 heavy (non-hydrogen) atoms. The summed E-state index contributed by atoms with van der Waals surface area (Å²) in [5.41, 5.74) is 2.28. The molecule has 1 aliphatic rings. The number of carbonyl (C=O) groups is 1. The SMILES string of the molecule is COc1cc(CN(C(=O)Cc2ccc(-c3csc(C)n3)cc2F)C2C=CS(=O)(=O)C2)ccn1. The number of pyridine rings is 1. The van der Waals surface area contributed by atoms with Crippen molar-refractivity contribution in [2.45, 2.75) is 25.9 Å². The van der Waals surface area contributed by atoms with E-state index in [4.69, 9.17) is 4.74 Å². The maximum atomic E-state index is 14.9. The number of hydrogen-bond donors (Lipinski definition) is 0. The van der Waals surface area contributed by atoms with Crippen molar-refractivity contribution in [2.24, 2.45) is 0 Å². The van der Waals surface area contributed by atoms with Crippen LogP contribution in [0.5, 0.6) is 5.88 Å². The van der Waals surface area contributed by atoms with Gasteiger partial charge in [-0.15, -0.1) is 11.3 Å². The van der Waals surface area contributed by atoms with E-state index < -0.39 is 21.7 Å². The van der Waals surface area contributed by atoms with Crippen LogP contribution in [-0.4, -0.2) is 48.1 Å². The van der Waals surface area contributed by atoms with Crippen molar-refractivity contribution in [3.8, 4) is 17.1 Å². The van der Waals surface area contributed by atoms with Gasteiger partial charge >= 0.3 is 0 Å². The van der Waals surface area contributed by atoms with Gasteiger partial charge in [0.15, 0.2) is 9.84 Å². The van der Waals surface area contributed by atoms with Gasteiger partial charge in [-0.2, -0.15) is 0 Å². The first-order valence-corrected chi connectivity index (χ1v) is 12.7. The molecule has 1 aliphatic heterocycles. The highest BCUT2D eigenvalue weighted by Crippen LogP contribution is 2.25. The average Bonchev–Trinajstić information content (AvgIpc) is 3.38. The van der Waals surface area contributed by atoms with E-state index in [2.05, 4.69) is 9.97 Å². The third-order valence-corrected chi connectivity index (χ3v) is 7.45. The predicted molar refractivity (Wildman–Crippen MR) is 124 cm³/mol. The number of aryl methyl sites for hydroxylation is 1. The van der Waals surface area contributed by atoms with E-state index in [1.807, 2.05) is 12.3 Å². The summed E-state index contributed by atoms with van der Waals surface area (Å²) in [6.07, 6.45) is 2.85. The monoisotopic (exact) mass is 487 g/mol. The Balaban J connectivity index is 1.57. The molecule has 1 atom stereocenters. The quantitative estimate of drug-likeness (QED) is 0.506. The minimum absolute atomic E-state index is 0.139. The van der Waals surface area contributed by atoms with Gasteiger partial charge in [-0.3, -0.25) is 4.79 Å². The topological polar surface area (TPSA) is 89.5 Å². The Kier molecular flexibility index (Phi) is 6.57. The van der Waals surface area contributed by atoms with Crippen molar-refractivity contribution < 1.29 is 22.3 Å². The highest BCUT2D eigenvalue weighted by molar-refractivity contribution is 7.94. The molecule has 0 N–H and O–H groups in total. The summed E-state index contributed by atoms with van der Waals surface area (Å²) in [6, 6.07) is 7.45. The maximum Gasteiger partial charge on any atom is 0.227 e. The molecule has 1 amide bonds. The first kappa shape index (κ1) is 23.1. The van der Waals surface area contributed by atoms with Gasteiger partial charge in [0.2, 0.25) is 11.8 Å². The molecule has 4 rings (SSSR count). The molecule has 0 radical (unpaired) electrons. The number of carbonyl (C=O) groups excluding carboxylic acids is 1. The van der Waals surface area contributed by atoms with E-state index in [1.54, 1.807) is 30.5 Å². The fourth-order valence-corrected chi connectivity index (χ4v) is 5.53. The zero-order valence-corrected chi connectivity index (χ0v) is 19.7. The molecule has 1 unspecified atom stereocenters. The van der Waals surface area contributed by atoms with E-state index in [-0.39, 0.29) is 30.2 Å². The Hall–Kier alpha value is -3.11. The van der Waals surface area contributed by atoms with Gasteiger partial charge in [-0.25, -0.2) is 22.8 Å². The zero-order chi connectivity index (χ0) is 23.6. The van der Waals surface area contributed by atoms with Gasteiger partial charge in [-0.05, 0) is 36.3 Å². The van der Waals surface area contributed by atoms with Crippen LogP contribution in [0.1, 0.15) is 16.1 Å². The minimum Gasteiger partial charge on any atom is -0.481 e. The Bertz CT molecular complexity index is 1320. The van der Waals surface area contributed by atoms with Crippen molar-refractivity contribution in [2.75, 3.05) is 12.9 Å². The summed E-state index contributed by atoms with van der Waals surface area (Å²) in [7, 11) is -1.90. The van der Waals surface area contributed by atoms with Crippen LogP contribution in [0.15, 0.2) is 53.4 Å². The van der Waals surface area contributed by atoms with E-state index in [0.29, 0.717) is 17.1 Å². The van der Waals surface area contributed by atoms with Gasteiger partial charge in [0, 0.05) is 35.2 Å². The van der Waals surface area contributed by atoms with E-state index in [0.717, 1.165) is 16.0 Å². The van der Waals surface area contributed by atoms with Crippen LogP contribution in [-0.2, 0) is 27.6 Å². The lowest BCUT2D eigenvalue weighted by atomic mass is 10.0. The summed E-state index contributed by atoms with van der Waals surface area (Å²) < 4.78 is 44.0. The minimum atomic E-state index is -3.39. The number of halogens is 1. The predicted octanol–water partition coefficient (Wildman–Crippen LogP) is 3.54. The molecule has 172 valence electrons. The Morgan fingerprint density at radius 3 is 2.76 bits per heavy atom. The molecular formula is C23H22FN3O4S2. The van der Waals surface area contributed by atoms with Crippen LogP contribution in [0, 0.1) is 12.7 Å². The van der Waals surface area contributed by atoms with Gasteiger partial charge in [-0.1, -0.05) is 12.1 Å². The van der Waals surface area contributed by atoms with Gasteiger partial charge in [0.05, 0.1) is 36.0 Å². The van der Waals surface area contributed by atoms with Gasteiger partial charge in [0.25, 0.3) is 0 Å². The van der Waals surface area contributed by atoms with Crippen molar-refractivity contribution >= 4 is 27.1 Å². The fraction of sp³-hybridized carbons (Fsp3) is 0.261. The molecule has 0 spiro atoms. The number of aromatic nitrogens is 2. The first-order valence-electron chi connectivity index (χ1n) is 10.1. The highest BCUT2D eigenvalue weighted by Gasteiger charge is 2.31. The second-order valence-corrected chi connectivity index (χ2v) is 10.7. The van der Waals surface area contributed by atoms with Gasteiger partial charge in [0.1, 0.15) is 5.82 Å². The largest absolute Gasteiger partial charge is 0.481 e. The van der Waals surface area contributed by atoms with Crippen molar-refractivity contribution in [3.05, 3.63) is 75.3 Å². The lowest BCUT2D eigenvalue weighted by Crippen LogP contribution is -2.41. The van der Waals surface area contributed by atoms with Crippen LogP contribution in [0.4, 0.5) is 4.39 Å². The average molecular weight is 488 g/mol. The first-order chi connectivity index (χ1) is 15.7. The Labute approximate surface area is 195 Å². The molecule has 2 aromatic heterocycles. The number of nitrogens with zero attached hydrogens (tertiary/aromatic N) is 3. The molecule has 0 fully saturated rings. The van der Waals surface area contributed by atoms with Crippen molar-refractivity contribution in [3.63, 3.8) is 0 Å². The second-order valence-electron chi connectivity index (χ2n) is 7.69. The molecule has 1 aromatic carbocycles. The fourth-order valence-electron chi connectivity index (χ4n) is 3.61. The zero-order valence-electron chi connectivity index (χ0n) is 18.1. The number of rotatable bonds is 7. The highest BCUT2D eigenvalue weighted by atomic mass is 32.2. The molecule has 0 bridgehead atoms. The number of hydrogen-bond acceptors (Lipinski definition) is 7. The van der Waals surface area contributed by atoms with Crippen LogP contribution >= 0.6 is 11.3 Å². The third kappa shape index (κ3) is 5.45. The number of amides is 1. The smallest absolute Gasteiger partial charge is 0.227 e. The van der Waals surface area contributed by atoms with E-state index in [1.165, 1.54) is 35.5 Å². The summed E-state index contributed by atoms with van der Waals surface area (Å²) in [6.45, 7) is 2.02. The summed E-state index contributed by atoms with van der Waals surface area (Å²) in [4.78, 5) is 23.1. The van der Waals surface area contributed by atoms with Crippen LogP contribution in [0.2, 0.25) is 0 Å². The molecule has 0 aliphatic carbocycles. The lowest BCUT2D eigenvalue weighted by molar-refractivity contribution is -0.132. The van der Waals surface area contributed by atoms with Gasteiger partial charge < -0.3 is 9.64 Å². The van der Waals surface area contributed by atoms with Crippen LogP contribution in [0.3, 0.4) is 0 Å². The summed E-state index contributed by atoms with van der Waals surface area (Å²) in [5, 5.41) is 3.86. The molecule has 0 saturated heterocycles.